The van der Waals surface area contributed by atoms with Crippen LogP contribution in [0.25, 0.3) is 0 Å². The van der Waals surface area contributed by atoms with Gasteiger partial charge in [-0.25, -0.2) is 0 Å². The molecule has 0 saturated heterocycles. The van der Waals surface area contributed by atoms with Crippen molar-refractivity contribution in [1.29, 1.82) is 0 Å². The van der Waals surface area contributed by atoms with E-state index in [9.17, 15) is 0 Å². The largest absolute Gasteiger partial charge is 0.352 e. The lowest BCUT2D eigenvalue weighted by molar-refractivity contribution is 0.557. The van der Waals surface area contributed by atoms with Crippen LogP contribution in [0.1, 0.15) is 43.6 Å². The number of unbranched alkanes of at least 4 members (excludes halogenated alkanes) is 1. The maximum atomic E-state index is 3.46. The van der Waals surface area contributed by atoms with Crippen LogP contribution in [0.3, 0.4) is 0 Å². The highest BCUT2D eigenvalue weighted by molar-refractivity contribution is 5.26. The summed E-state index contributed by atoms with van der Waals surface area (Å²) in [5.74, 6) is 0. The summed E-state index contributed by atoms with van der Waals surface area (Å²) in [4.78, 5) is 0. The molecule has 0 radical (unpaired) electrons. The van der Waals surface area contributed by atoms with E-state index in [-0.39, 0.29) is 0 Å². The molecule has 92 valence electrons. The van der Waals surface area contributed by atoms with Crippen molar-refractivity contribution in [3.05, 3.63) is 23.0 Å². The van der Waals surface area contributed by atoms with Crippen molar-refractivity contribution in [2.24, 2.45) is 7.05 Å². The highest BCUT2D eigenvalue weighted by Gasteiger charge is 2.05. The minimum absolute atomic E-state index is 0.612. The second-order valence-electron chi connectivity index (χ2n) is 5.02. The number of rotatable bonds is 6. The molecule has 1 aromatic heterocycles. The van der Waals surface area contributed by atoms with Crippen LogP contribution in [-0.4, -0.2) is 17.2 Å². The molecule has 0 atom stereocenters. The van der Waals surface area contributed by atoms with Crippen molar-refractivity contribution < 1.29 is 0 Å². The van der Waals surface area contributed by atoms with Crippen molar-refractivity contribution in [3.8, 4) is 0 Å². The molecule has 0 bridgehead atoms. The molecule has 0 aliphatic heterocycles. The molecule has 1 rings (SSSR count). The van der Waals surface area contributed by atoms with Crippen LogP contribution >= 0.6 is 0 Å². The van der Waals surface area contributed by atoms with Gasteiger partial charge in [0.2, 0.25) is 0 Å². The lowest BCUT2D eigenvalue weighted by Crippen LogP contribution is -2.23. The van der Waals surface area contributed by atoms with Gasteiger partial charge in [-0.3, -0.25) is 0 Å². The van der Waals surface area contributed by atoms with E-state index in [0.717, 1.165) is 6.54 Å². The van der Waals surface area contributed by atoms with E-state index in [1.165, 1.54) is 36.2 Å². The highest BCUT2D eigenvalue weighted by atomic mass is 14.9. The Morgan fingerprint density at radius 1 is 1.25 bits per heavy atom. The van der Waals surface area contributed by atoms with Gasteiger partial charge in [-0.05, 0) is 51.3 Å². The molecule has 0 amide bonds. The van der Waals surface area contributed by atoms with Crippen LogP contribution in [-0.2, 0) is 13.5 Å². The molecule has 0 fully saturated rings. The number of nitrogens with zero attached hydrogens (tertiary/aromatic N) is 1. The van der Waals surface area contributed by atoms with Gasteiger partial charge < -0.3 is 9.88 Å². The summed E-state index contributed by atoms with van der Waals surface area (Å²) in [6.07, 6.45) is 3.77. The van der Waals surface area contributed by atoms with Crippen molar-refractivity contribution >= 4 is 0 Å². The predicted molar refractivity (Wildman–Crippen MR) is 71.0 cm³/mol. The zero-order valence-corrected chi connectivity index (χ0v) is 11.4. The Morgan fingerprint density at radius 2 is 1.94 bits per heavy atom. The van der Waals surface area contributed by atoms with E-state index in [0.29, 0.717) is 6.04 Å². The molecular weight excluding hydrogens is 196 g/mol. The highest BCUT2D eigenvalue weighted by Crippen LogP contribution is 2.15. The molecule has 0 spiro atoms. The first-order chi connectivity index (χ1) is 7.52. The average molecular weight is 222 g/mol. The molecule has 0 unspecified atom stereocenters. The summed E-state index contributed by atoms with van der Waals surface area (Å²) < 4.78 is 2.28. The number of hydrogen-bond donors (Lipinski definition) is 1. The standard InChI is InChI=1S/C14H26N2/c1-11(2)15-9-7-6-8-14-10-12(3)16(5)13(14)4/h10-11,15H,6-9H2,1-5H3. The Bertz CT molecular complexity index is 324. The van der Waals surface area contributed by atoms with Gasteiger partial charge in [0.1, 0.15) is 0 Å². The first kappa shape index (κ1) is 13.3. The summed E-state index contributed by atoms with van der Waals surface area (Å²) in [6.45, 7) is 9.93. The van der Waals surface area contributed by atoms with Crippen LogP contribution in [0, 0.1) is 13.8 Å². The van der Waals surface area contributed by atoms with E-state index in [2.05, 4.69) is 50.7 Å². The van der Waals surface area contributed by atoms with Gasteiger partial charge in [-0.2, -0.15) is 0 Å². The summed E-state index contributed by atoms with van der Waals surface area (Å²) >= 11 is 0. The molecule has 16 heavy (non-hydrogen) atoms. The normalized spacial score (nSPS) is 11.4. The molecule has 0 saturated carbocycles. The lowest BCUT2D eigenvalue weighted by Gasteiger charge is -2.07. The topological polar surface area (TPSA) is 17.0 Å². The van der Waals surface area contributed by atoms with Crippen molar-refractivity contribution in [3.63, 3.8) is 0 Å². The van der Waals surface area contributed by atoms with Gasteiger partial charge in [-0.15, -0.1) is 0 Å². The SMILES string of the molecule is Cc1cc(CCCCNC(C)C)c(C)n1C. The Balaban J connectivity index is 2.29. The molecule has 1 heterocycles. The summed E-state index contributed by atoms with van der Waals surface area (Å²) in [5.41, 5.74) is 4.31. The third-order valence-electron chi connectivity index (χ3n) is 3.31. The van der Waals surface area contributed by atoms with Crippen LogP contribution in [0.15, 0.2) is 6.07 Å². The zero-order valence-electron chi connectivity index (χ0n) is 11.4. The Hall–Kier alpha value is -0.760. The fourth-order valence-corrected chi connectivity index (χ4v) is 2.02. The maximum Gasteiger partial charge on any atom is 0.0175 e. The number of aryl methyl sites for hydroxylation is 2. The quantitative estimate of drug-likeness (QED) is 0.732. The monoisotopic (exact) mass is 222 g/mol. The van der Waals surface area contributed by atoms with Crippen LogP contribution < -0.4 is 5.32 Å². The predicted octanol–water partition coefficient (Wildman–Crippen LogP) is 2.96. The number of nitrogens with one attached hydrogen (secondary N) is 1. The summed E-state index contributed by atoms with van der Waals surface area (Å²) in [5, 5.41) is 3.46. The van der Waals surface area contributed by atoms with Gasteiger partial charge in [0.25, 0.3) is 0 Å². The van der Waals surface area contributed by atoms with E-state index in [4.69, 9.17) is 0 Å². The van der Waals surface area contributed by atoms with Gasteiger partial charge in [0.05, 0.1) is 0 Å². The molecule has 1 N–H and O–H groups in total. The minimum atomic E-state index is 0.612. The lowest BCUT2D eigenvalue weighted by atomic mass is 10.1. The smallest absolute Gasteiger partial charge is 0.0175 e. The van der Waals surface area contributed by atoms with Crippen LogP contribution in [0.2, 0.25) is 0 Å². The minimum Gasteiger partial charge on any atom is -0.352 e. The second kappa shape index (κ2) is 6.09. The molecule has 0 aliphatic carbocycles. The fourth-order valence-electron chi connectivity index (χ4n) is 2.02. The van der Waals surface area contributed by atoms with E-state index < -0.39 is 0 Å². The van der Waals surface area contributed by atoms with Crippen LogP contribution in [0.5, 0.6) is 0 Å². The Morgan fingerprint density at radius 3 is 2.44 bits per heavy atom. The van der Waals surface area contributed by atoms with Crippen molar-refractivity contribution in [1.82, 2.24) is 9.88 Å². The first-order valence-corrected chi connectivity index (χ1v) is 6.37. The molecule has 1 aromatic rings. The van der Waals surface area contributed by atoms with Crippen molar-refractivity contribution in [2.75, 3.05) is 6.54 Å². The van der Waals surface area contributed by atoms with E-state index in [1.807, 2.05) is 0 Å². The van der Waals surface area contributed by atoms with Crippen molar-refractivity contribution in [2.45, 2.75) is 53.0 Å². The van der Waals surface area contributed by atoms with Gasteiger partial charge in [0, 0.05) is 24.5 Å². The Labute approximate surface area is 100 Å². The van der Waals surface area contributed by atoms with Crippen LogP contribution in [0.4, 0.5) is 0 Å². The summed E-state index contributed by atoms with van der Waals surface area (Å²) in [6, 6.07) is 2.94. The molecule has 2 heteroatoms. The zero-order chi connectivity index (χ0) is 12.1. The molecule has 0 aromatic carbocycles. The third kappa shape index (κ3) is 3.67. The van der Waals surface area contributed by atoms with E-state index in [1.54, 1.807) is 0 Å². The Kier molecular flexibility index (Phi) is 5.07. The third-order valence-corrected chi connectivity index (χ3v) is 3.31. The summed E-state index contributed by atoms with van der Waals surface area (Å²) in [7, 11) is 2.15. The van der Waals surface area contributed by atoms with Gasteiger partial charge in [0.15, 0.2) is 0 Å². The van der Waals surface area contributed by atoms with E-state index >= 15 is 0 Å². The molecular formula is C14H26N2. The average Bonchev–Trinajstić information content (AvgIpc) is 2.45. The van der Waals surface area contributed by atoms with Gasteiger partial charge >= 0.3 is 0 Å². The van der Waals surface area contributed by atoms with Gasteiger partial charge in [-0.1, -0.05) is 13.8 Å². The molecule has 0 aliphatic rings. The maximum absolute atomic E-state index is 3.46. The molecule has 2 nitrogen and oxygen atoms in total. The number of aromatic nitrogens is 1. The number of hydrogen-bond acceptors (Lipinski definition) is 1. The fraction of sp³-hybridized carbons (Fsp3) is 0.714. The first-order valence-electron chi connectivity index (χ1n) is 6.37. The second-order valence-corrected chi connectivity index (χ2v) is 5.02.